The minimum absolute atomic E-state index is 0.00420. The number of nitrogens with zero attached hydrogens (tertiary/aromatic N) is 6. The van der Waals surface area contributed by atoms with E-state index in [0.29, 0.717) is 24.7 Å². The molecule has 2 saturated heterocycles. The van der Waals surface area contributed by atoms with E-state index in [0.717, 1.165) is 82.7 Å². The Labute approximate surface area is 309 Å². The molecule has 3 amide bonds. The molecule has 0 bridgehead atoms. The summed E-state index contributed by atoms with van der Waals surface area (Å²) in [5, 5.41) is 2.69. The van der Waals surface area contributed by atoms with E-state index in [9.17, 15) is 14.4 Å². The van der Waals surface area contributed by atoms with E-state index in [1.165, 1.54) is 7.11 Å². The van der Waals surface area contributed by atoms with E-state index < -0.39 is 12.1 Å². The fourth-order valence-electron chi connectivity index (χ4n) is 7.46. The van der Waals surface area contributed by atoms with Crippen LogP contribution < -0.4 is 5.32 Å². The number of H-pyrrole nitrogens is 2. The van der Waals surface area contributed by atoms with Crippen molar-refractivity contribution in [3.63, 3.8) is 0 Å². The molecule has 13 heteroatoms. The lowest BCUT2D eigenvalue weighted by Gasteiger charge is -2.30. The predicted molar refractivity (Wildman–Crippen MR) is 201 cm³/mol. The number of hydrogen-bond acceptors (Lipinski definition) is 8. The van der Waals surface area contributed by atoms with Gasteiger partial charge in [-0.2, -0.15) is 0 Å². The Hall–Kier alpha value is -5.59. The van der Waals surface area contributed by atoms with Gasteiger partial charge in [0.25, 0.3) is 0 Å². The molecule has 2 aliphatic rings. The first-order chi connectivity index (χ1) is 25.6. The maximum atomic E-state index is 13.5. The second-order valence-electron chi connectivity index (χ2n) is 14.8. The van der Waals surface area contributed by atoms with Crippen molar-refractivity contribution in [1.29, 1.82) is 0 Å². The molecular weight excluding hydrogens is 670 g/mol. The smallest absolute Gasteiger partial charge is 0.407 e. The summed E-state index contributed by atoms with van der Waals surface area (Å²) in [6.07, 6.45) is 10.7. The molecule has 0 saturated carbocycles. The van der Waals surface area contributed by atoms with Crippen LogP contribution in [0.2, 0.25) is 0 Å². The summed E-state index contributed by atoms with van der Waals surface area (Å²) < 4.78 is 4.75. The van der Waals surface area contributed by atoms with Crippen molar-refractivity contribution in [2.45, 2.75) is 77.9 Å². The predicted octanol–water partition coefficient (Wildman–Crippen LogP) is 6.83. The van der Waals surface area contributed by atoms with Gasteiger partial charge in [-0.3, -0.25) is 19.6 Å². The van der Waals surface area contributed by atoms with Gasteiger partial charge in [0, 0.05) is 43.0 Å². The molecule has 2 aliphatic heterocycles. The summed E-state index contributed by atoms with van der Waals surface area (Å²) in [5.74, 6) is 1.81. The summed E-state index contributed by atoms with van der Waals surface area (Å²) in [5.41, 5.74) is 7.06. The van der Waals surface area contributed by atoms with Crippen LogP contribution >= 0.6 is 0 Å². The van der Waals surface area contributed by atoms with Crippen LogP contribution in [0.5, 0.6) is 0 Å². The first kappa shape index (κ1) is 35.8. The zero-order chi connectivity index (χ0) is 37.2. The Balaban J connectivity index is 1.03. The number of pyridine rings is 2. The standard InChI is InChI=1S/C40H47N9O4/c1-23(2)16-35(50)48-14-6-8-33(48)37-43-21-31(45-37)26-12-10-25(11-13-26)27-17-29-30(41-19-27)18-28(20-42-29)32-22-44-38(46-32)34-9-7-15-49(34)39(51)36(24(3)4)47-40(52)53-5/h10-13,17-24,33-34,36H,6-9,14-16H2,1-5H3,(H,43,45)(H,44,46)(H,47,52)/t33-,34-,36?/m0/s1. The molecule has 6 heterocycles. The molecule has 3 N–H and O–H groups in total. The summed E-state index contributed by atoms with van der Waals surface area (Å²) >= 11 is 0. The number of aromatic amines is 2. The fourth-order valence-corrected chi connectivity index (χ4v) is 7.46. The highest BCUT2D eigenvalue weighted by Gasteiger charge is 2.37. The number of imidazole rings is 2. The number of carbonyl (C=O) groups excluding carboxylic acids is 3. The minimum Gasteiger partial charge on any atom is -0.453 e. The van der Waals surface area contributed by atoms with Gasteiger partial charge < -0.3 is 29.8 Å². The molecular formula is C40H47N9O4. The SMILES string of the molecule is COC(=O)NC(C(=O)N1CCC[C@H]1c1ncc(-c2cnc3cc(-c4ccc(-c5cnc([C@@H]6CCCN6C(=O)CC(C)C)[nH]5)cc4)cnc3c2)[nH]1)C(C)C. The monoisotopic (exact) mass is 717 g/mol. The number of fused-ring (bicyclic) bond motifs is 1. The Kier molecular flexibility index (Phi) is 10.3. The van der Waals surface area contributed by atoms with Gasteiger partial charge in [-0.15, -0.1) is 0 Å². The third kappa shape index (κ3) is 7.51. The summed E-state index contributed by atoms with van der Waals surface area (Å²) in [7, 11) is 1.29. The van der Waals surface area contributed by atoms with Crippen LogP contribution in [0.25, 0.3) is 44.7 Å². The largest absolute Gasteiger partial charge is 0.453 e. The maximum absolute atomic E-state index is 13.5. The Morgan fingerprint density at radius 3 is 1.91 bits per heavy atom. The Morgan fingerprint density at radius 1 is 0.755 bits per heavy atom. The van der Waals surface area contributed by atoms with Crippen LogP contribution in [-0.2, 0) is 14.3 Å². The molecule has 276 valence electrons. The van der Waals surface area contributed by atoms with Crippen molar-refractivity contribution in [2.75, 3.05) is 20.2 Å². The van der Waals surface area contributed by atoms with Gasteiger partial charge in [-0.1, -0.05) is 52.0 Å². The number of carbonyl (C=O) groups is 3. The molecule has 0 spiro atoms. The van der Waals surface area contributed by atoms with Crippen LogP contribution in [-0.4, -0.2) is 83.9 Å². The number of ether oxygens (including phenoxy) is 1. The van der Waals surface area contributed by atoms with Crippen LogP contribution in [0.1, 0.15) is 83.5 Å². The normalized spacial score (nSPS) is 17.9. The quantitative estimate of drug-likeness (QED) is 0.142. The van der Waals surface area contributed by atoms with E-state index in [1.807, 2.05) is 43.3 Å². The number of amides is 3. The van der Waals surface area contributed by atoms with Crippen molar-refractivity contribution in [3.05, 3.63) is 72.8 Å². The number of nitrogens with one attached hydrogen (secondary N) is 3. The zero-order valence-corrected chi connectivity index (χ0v) is 30.9. The maximum Gasteiger partial charge on any atom is 0.407 e. The molecule has 1 aromatic carbocycles. The van der Waals surface area contributed by atoms with Crippen molar-refractivity contribution in [2.24, 2.45) is 11.8 Å². The van der Waals surface area contributed by atoms with Crippen molar-refractivity contribution < 1.29 is 19.1 Å². The lowest BCUT2D eigenvalue weighted by molar-refractivity contribution is -0.135. The number of hydrogen-bond donors (Lipinski definition) is 3. The third-order valence-corrected chi connectivity index (χ3v) is 10.3. The van der Waals surface area contributed by atoms with E-state index in [4.69, 9.17) is 14.7 Å². The number of likely N-dealkylation sites (tertiary alicyclic amines) is 2. The number of alkyl carbamates (subject to hydrolysis) is 1. The van der Waals surface area contributed by atoms with Crippen molar-refractivity contribution in [1.82, 2.24) is 45.0 Å². The molecule has 5 aromatic rings. The first-order valence-corrected chi connectivity index (χ1v) is 18.5. The second-order valence-corrected chi connectivity index (χ2v) is 14.8. The van der Waals surface area contributed by atoms with Crippen molar-refractivity contribution >= 4 is 28.9 Å². The van der Waals surface area contributed by atoms with Crippen LogP contribution in [0.3, 0.4) is 0 Å². The average molecular weight is 718 g/mol. The van der Waals surface area contributed by atoms with Crippen molar-refractivity contribution in [3.8, 4) is 33.6 Å². The highest BCUT2D eigenvalue weighted by atomic mass is 16.5. The van der Waals surface area contributed by atoms with Crippen LogP contribution in [0.4, 0.5) is 4.79 Å². The molecule has 4 aromatic heterocycles. The zero-order valence-electron chi connectivity index (χ0n) is 30.9. The highest BCUT2D eigenvalue weighted by molar-refractivity contribution is 5.87. The lowest BCUT2D eigenvalue weighted by Crippen LogP contribution is -2.51. The summed E-state index contributed by atoms with van der Waals surface area (Å²) in [6.45, 7) is 9.32. The number of methoxy groups -OCH3 is 1. The Morgan fingerprint density at radius 2 is 1.30 bits per heavy atom. The molecule has 53 heavy (non-hydrogen) atoms. The van der Waals surface area contributed by atoms with Gasteiger partial charge in [0.1, 0.15) is 17.7 Å². The Bertz CT molecular complexity index is 2100. The van der Waals surface area contributed by atoms with Gasteiger partial charge >= 0.3 is 6.09 Å². The minimum atomic E-state index is -0.693. The van der Waals surface area contributed by atoms with Gasteiger partial charge in [-0.25, -0.2) is 14.8 Å². The summed E-state index contributed by atoms with van der Waals surface area (Å²) in [6, 6.07) is 11.4. The number of benzene rings is 1. The van der Waals surface area contributed by atoms with Gasteiger partial charge in [0.05, 0.1) is 54.0 Å². The fraction of sp³-hybridized carbons (Fsp3) is 0.425. The van der Waals surface area contributed by atoms with Gasteiger partial charge in [0.2, 0.25) is 11.8 Å². The third-order valence-electron chi connectivity index (χ3n) is 10.3. The first-order valence-electron chi connectivity index (χ1n) is 18.5. The van der Waals surface area contributed by atoms with Crippen LogP contribution in [0.15, 0.2) is 61.2 Å². The molecule has 7 rings (SSSR count). The molecule has 3 atom stereocenters. The number of rotatable bonds is 10. The lowest BCUT2D eigenvalue weighted by atomic mass is 10.0. The van der Waals surface area contributed by atoms with Gasteiger partial charge in [-0.05, 0) is 60.8 Å². The molecule has 0 radical (unpaired) electrons. The van der Waals surface area contributed by atoms with E-state index in [-0.39, 0.29) is 29.8 Å². The van der Waals surface area contributed by atoms with E-state index in [1.54, 1.807) is 17.3 Å². The average Bonchev–Trinajstić information content (AvgIpc) is 3.99. The van der Waals surface area contributed by atoms with Crippen LogP contribution in [0, 0.1) is 11.8 Å². The number of aromatic nitrogens is 6. The van der Waals surface area contributed by atoms with E-state index in [2.05, 4.69) is 63.4 Å². The van der Waals surface area contributed by atoms with E-state index >= 15 is 0 Å². The highest BCUT2D eigenvalue weighted by Crippen LogP contribution is 2.35. The van der Waals surface area contributed by atoms with Gasteiger partial charge in [0.15, 0.2) is 0 Å². The molecule has 0 aliphatic carbocycles. The second kappa shape index (κ2) is 15.2. The molecule has 2 fully saturated rings. The summed E-state index contributed by atoms with van der Waals surface area (Å²) in [4.78, 5) is 67.8. The molecule has 13 nitrogen and oxygen atoms in total. The topological polar surface area (TPSA) is 162 Å². The molecule has 1 unspecified atom stereocenters.